The summed E-state index contributed by atoms with van der Waals surface area (Å²) in [6, 6.07) is 0.524. The van der Waals surface area contributed by atoms with Gasteiger partial charge in [-0.1, -0.05) is 0 Å². The van der Waals surface area contributed by atoms with Gasteiger partial charge in [-0.05, 0) is 13.0 Å². The third-order valence-corrected chi connectivity index (χ3v) is 2.36. The van der Waals surface area contributed by atoms with Gasteiger partial charge in [-0.3, -0.25) is 4.90 Å². The van der Waals surface area contributed by atoms with Crippen molar-refractivity contribution < 1.29 is 5.11 Å². The zero-order valence-corrected chi connectivity index (χ0v) is 7.50. The van der Waals surface area contributed by atoms with E-state index in [0.29, 0.717) is 6.04 Å². The van der Waals surface area contributed by atoms with Crippen LogP contribution in [0.1, 0.15) is 6.42 Å². The fraction of sp³-hybridized carbons (Fsp3) is 1.00. The third-order valence-electron chi connectivity index (χ3n) is 2.36. The number of aliphatic hydroxyl groups is 1. The van der Waals surface area contributed by atoms with Crippen molar-refractivity contribution in [2.24, 2.45) is 5.73 Å². The number of aliphatic hydroxyl groups excluding tert-OH is 1. The predicted octanol–water partition coefficient (Wildman–Crippen LogP) is -1.40. The van der Waals surface area contributed by atoms with E-state index in [9.17, 15) is 0 Å². The highest BCUT2D eigenvalue weighted by Gasteiger charge is 2.19. The molecule has 0 aliphatic carbocycles. The fourth-order valence-corrected chi connectivity index (χ4v) is 1.70. The Morgan fingerprint density at radius 3 is 3.08 bits per heavy atom. The van der Waals surface area contributed by atoms with Crippen LogP contribution in [0.2, 0.25) is 0 Å². The quantitative estimate of drug-likeness (QED) is 0.489. The van der Waals surface area contributed by atoms with Crippen LogP contribution in [0, 0.1) is 0 Å². The van der Waals surface area contributed by atoms with E-state index in [2.05, 4.69) is 10.2 Å². The molecule has 72 valence electrons. The lowest BCUT2D eigenvalue weighted by Gasteiger charge is -2.35. The van der Waals surface area contributed by atoms with Gasteiger partial charge >= 0.3 is 0 Å². The molecular formula is C8H19N3O. The van der Waals surface area contributed by atoms with Crippen LogP contribution in [-0.4, -0.2) is 55.4 Å². The first-order valence-corrected chi connectivity index (χ1v) is 4.64. The average molecular weight is 173 g/mol. The van der Waals surface area contributed by atoms with Crippen LogP contribution in [0.3, 0.4) is 0 Å². The van der Waals surface area contributed by atoms with Crippen LogP contribution in [0.25, 0.3) is 0 Å². The number of rotatable bonds is 4. The Morgan fingerprint density at radius 1 is 1.58 bits per heavy atom. The van der Waals surface area contributed by atoms with E-state index in [4.69, 9.17) is 10.8 Å². The zero-order valence-electron chi connectivity index (χ0n) is 7.50. The molecule has 1 atom stereocenters. The van der Waals surface area contributed by atoms with Gasteiger partial charge < -0.3 is 16.2 Å². The molecule has 0 spiro atoms. The van der Waals surface area contributed by atoms with Crippen molar-refractivity contribution in [2.75, 3.05) is 39.3 Å². The smallest absolute Gasteiger partial charge is 0.0558 e. The summed E-state index contributed by atoms with van der Waals surface area (Å²) in [6.45, 7) is 4.84. The molecule has 1 fully saturated rings. The largest absolute Gasteiger partial charge is 0.395 e. The lowest BCUT2D eigenvalue weighted by molar-refractivity contribution is 0.122. The van der Waals surface area contributed by atoms with Gasteiger partial charge in [0.05, 0.1) is 6.61 Å². The Morgan fingerprint density at radius 2 is 2.42 bits per heavy atom. The maximum Gasteiger partial charge on any atom is 0.0558 e. The molecule has 1 unspecified atom stereocenters. The Hall–Kier alpha value is -0.160. The Bertz CT molecular complexity index is 103. The number of nitrogens with zero attached hydrogens (tertiary/aromatic N) is 1. The van der Waals surface area contributed by atoms with Gasteiger partial charge in [0, 0.05) is 32.2 Å². The van der Waals surface area contributed by atoms with Gasteiger partial charge in [-0.25, -0.2) is 0 Å². The van der Waals surface area contributed by atoms with Crippen molar-refractivity contribution in [3.05, 3.63) is 0 Å². The number of hydrogen-bond donors (Lipinski definition) is 3. The number of piperazine rings is 1. The second-order valence-electron chi connectivity index (χ2n) is 3.19. The minimum atomic E-state index is 0.251. The second-order valence-corrected chi connectivity index (χ2v) is 3.19. The number of nitrogens with one attached hydrogen (secondary N) is 1. The summed E-state index contributed by atoms with van der Waals surface area (Å²) in [5, 5.41) is 12.1. The molecular weight excluding hydrogens is 154 g/mol. The molecule has 0 bridgehead atoms. The van der Waals surface area contributed by atoms with Gasteiger partial charge in [0.2, 0.25) is 0 Å². The van der Waals surface area contributed by atoms with E-state index in [-0.39, 0.29) is 6.61 Å². The Kier molecular flexibility index (Phi) is 4.53. The van der Waals surface area contributed by atoms with Crippen molar-refractivity contribution >= 4 is 0 Å². The van der Waals surface area contributed by atoms with Crippen LogP contribution >= 0.6 is 0 Å². The summed E-state index contributed by atoms with van der Waals surface area (Å²) in [7, 11) is 0. The lowest BCUT2D eigenvalue weighted by Crippen LogP contribution is -2.52. The average Bonchev–Trinajstić information content (AvgIpc) is 2.09. The molecule has 4 heteroatoms. The number of nitrogens with two attached hydrogens (primary N) is 1. The van der Waals surface area contributed by atoms with E-state index >= 15 is 0 Å². The zero-order chi connectivity index (χ0) is 8.81. The monoisotopic (exact) mass is 173 g/mol. The highest BCUT2D eigenvalue weighted by molar-refractivity contribution is 4.79. The van der Waals surface area contributed by atoms with Crippen LogP contribution in [0.5, 0.6) is 0 Å². The highest BCUT2D eigenvalue weighted by Crippen LogP contribution is 2.05. The third kappa shape index (κ3) is 2.71. The molecule has 1 heterocycles. The maximum absolute atomic E-state index is 8.81. The van der Waals surface area contributed by atoms with Crippen LogP contribution < -0.4 is 11.1 Å². The molecule has 0 saturated carbocycles. The molecule has 12 heavy (non-hydrogen) atoms. The minimum absolute atomic E-state index is 0.251. The number of hydrogen-bond acceptors (Lipinski definition) is 4. The molecule has 1 rings (SSSR count). The molecule has 4 N–H and O–H groups in total. The summed E-state index contributed by atoms with van der Waals surface area (Å²) in [4.78, 5) is 2.31. The number of β-amino-alcohol motifs (C(OH)–C–C–N with tert-alkyl or cyclic N) is 1. The van der Waals surface area contributed by atoms with E-state index in [1.54, 1.807) is 0 Å². The summed E-state index contributed by atoms with van der Waals surface area (Å²) >= 11 is 0. The molecule has 0 aromatic carbocycles. The highest BCUT2D eigenvalue weighted by atomic mass is 16.3. The standard InChI is InChI=1S/C8H19N3O/c9-2-1-8-7-10-3-4-11(8)5-6-12/h8,10,12H,1-7,9H2. The first-order chi connectivity index (χ1) is 5.88. The van der Waals surface area contributed by atoms with Crippen molar-refractivity contribution in [2.45, 2.75) is 12.5 Å². The molecule has 0 amide bonds. The molecule has 0 radical (unpaired) electrons. The van der Waals surface area contributed by atoms with Crippen molar-refractivity contribution in [3.63, 3.8) is 0 Å². The van der Waals surface area contributed by atoms with E-state index in [0.717, 1.165) is 39.1 Å². The van der Waals surface area contributed by atoms with Gasteiger partial charge in [-0.2, -0.15) is 0 Å². The van der Waals surface area contributed by atoms with Crippen molar-refractivity contribution in [1.82, 2.24) is 10.2 Å². The lowest BCUT2D eigenvalue weighted by atomic mass is 10.1. The summed E-state index contributed by atoms with van der Waals surface area (Å²) < 4.78 is 0. The topological polar surface area (TPSA) is 61.5 Å². The summed E-state index contributed by atoms with van der Waals surface area (Å²) in [5.74, 6) is 0. The van der Waals surface area contributed by atoms with Gasteiger partial charge in [0.15, 0.2) is 0 Å². The predicted molar refractivity (Wildman–Crippen MR) is 49.0 cm³/mol. The molecule has 1 saturated heterocycles. The first kappa shape index (κ1) is 9.92. The van der Waals surface area contributed by atoms with Crippen LogP contribution in [0.15, 0.2) is 0 Å². The van der Waals surface area contributed by atoms with Gasteiger partial charge in [0.1, 0.15) is 0 Å². The second kappa shape index (κ2) is 5.48. The summed E-state index contributed by atoms with van der Waals surface area (Å²) in [6.07, 6.45) is 1.02. The molecule has 0 aromatic rings. The molecule has 0 aromatic heterocycles. The van der Waals surface area contributed by atoms with Crippen molar-refractivity contribution in [3.8, 4) is 0 Å². The molecule has 1 aliphatic rings. The van der Waals surface area contributed by atoms with Crippen LogP contribution in [-0.2, 0) is 0 Å². The first-order valence-electron chi connectivity index (χ1n) is 4.64. The minimum Gasteiger partial charge on any atom is -0.395 e. The Balaban J connectivity index is 2.31. The fourth-order valence-electron chi connectivity index (χ4n) is 1.70. The SMILES string of the molecule is NCCC1CNCCN1CCO. The van der Waals surface area contributed by atoms with E-state index < -0.39 is 0 Å². The Labute approximate surface area is 73.7 Å². The molecule has 1 aliphatic heterocycles. The van der Waals surface area contributed by atoms with Gasteiger partial charge in [-0.15, -0.1) is 0 Å². The van der Waals surface area contributed by atoms with Crippen molar-refractivity contribution in [1.29, 1.82) is 0 Å². The van der Waals surface area contributed by atoms with Gasteiger partial charge in [0.25, 0.3) is 0 Å². The maximum atomic E-state index is 8.81. The van der Waals surface area contributed by atoms with E-state index in [1.807, 2.05) is 0 Å². The summed E-state index contributed by atoms with van der Waals surface area (Å²) in [5.41, 5.74) is 5.50. The van der Waals surface area contributed by atoms with Crippen LogP contribution in [0.4, 0.5) is 0 Å². The molecule has 4 nitrogen and oxygen atoms in total. The normalized spacial score (nSPS) is 26.0. The van der Waals surface area contributed by atoms with E-state index in [1.165, 1.54) is 0 Å².